The Balaban J connectivity index is 3.14. The highest BCUT2D eigenvalue weighted by Gasteiger charge is 2.18. The SMILES string of the molecule is CCOC(=O)Oc1ccc(CC(N)=O)c(CCl)c1OC. The summed E-state index contributed by atoms with van der Waals surface area (Å²) in [6.07, 6.45) is -0.813. The maximum Gasteiger partial charge on any atom is 0.513 e. The number of nitrogens with two attached hydrogens (primary N) is 1. The summed E-state index contributed by atoms with van der Waals surface area (Å²) in [5.74, 6) is 0.0605. The Kier molecular flexibility index (Phi) is 6.11. The minimum absolute atomic E-state index is 0.0259. The molecule has 1 aromatic rings. The number of carbonyl (C=O) groups excluding carboxylic acids is 2. The fourth-order valence-electron chi connectivity index (χ4n) is 1.69. The molecular formula is C13H16ClNO5. The summed E-state index contributed by atoms with van der Waals surface area (Å²) in [5.41, 5.74) is 6.35. The lowest BCUT2D eigenvalue weighted by molar-refractivity contribution is -0.117. The summed E-state index contributed by atoms with van der Waals surface area (Å²) in [7, 11) is 1.41. The third kappa shape index (κ3) is 4.03. The van der Waals surface area contributed by atoms with E-state index in [0.717, 1.165) is 0 Å². The number of hydrogen-bond acceptors (Lipinski definition) is 5. The van der Waals surface area contributed by atoms with Crippen LogP contribution in [-0.4, -0.2) is 25.8 Å². The van der Waals surface area contributed by atoms with E-state index in [1.165, 1.54) is 13.2 Å². The molecule has 0 saturated carbocycles. The van der Waals surface area contributed by atoms with Gasteiger partial charge in [-0.25, -0.2) is 4.79 Å². The largest absolute Gasteiger partial charge is 0.513 e. The molecule has 2 N–H and O–H groups in total. The standard InChI is InChI=1S/C13H16ClNO5/c1-3-19-13(17)20-10-5-4-8(6-11(15)16)9(7-14)12(10)18-2/h4-5H,3,6-7H2,1-2H3,(H2,15,16). The Bertz CT molecular complexity index is 504. The molecule has 20 heavy (non-hydrogen) atoms. The number of alkyl halides is 1. The summed E-state index contributed by atoms with van der Waals surface area (Å²) in [4.78, 5) is 22.4. The molecule has 0 unspecified atom stereocenters. The van der Waals surface area contributed by atoms with Crippen LogP contribution in [0.25, 0.3) is 0 Å². The van der Waals surface area contributed by atoms with E-state index >= 15 is 0 Å². The van der Waals surface area contributed by atoms with Crippen molar-refractivity contribution in [3.8, 4) is 11.5 Å². The second-order valence-electron chi connectivity index (χ2n) is 3.80. The van der Waals surface area contributed by atoms with Crippen molar-refractivity contribution in [2.24, 2.45) is 5.73 Å². The molecule has 0 spiro atoms. The van der Waals surface area contributed by atoms with Crippen LogP contribution in [0.4, 0.5) is 4.79 Å². The van der Waals surface area contributed by atoms with Crippen molar-refractivity contribution in [1.82, 2.24) is 0 Å². The molecule has 1 aromatic carbocycles. The molecule has 0 bridgehead atoms. The van der Waals surface area contributed by atoms with Gasteiger partial charge in [-0.15, -0.1) is 11.6 Å². The van der Waals surface area contributed by atoms with Crippen molar-refractivity contribution < 1.29 is 23.8 Å². The molecule has 0 heterocycles. The maximum absolute atomic E-state index is 11.3. The molecule has 0 aliphatic rings. The Morgan fingerprint density at radius 1 is 1.35 bits per heavy atom. The van der Waals surface area contributed by atoms with Crippen molar-refractivity contribution in [2.45, 2.75) is 19.2 Å². The Morgan fingerprint density at radius 3 is 2.55 bits per heavy atom. The highest BCUT2D eigenvalue weighted by Crippen LogP contribution is 2.35. The first-order chi connectivity index (χ1) is 9.53. The Labute approximate surface area is 121 Å². The minimum Gasteiger partial charge on any atom is -0.492 e. The van der Waals surface area contributed by atoms with Gasteiger partial charge in [0.15, 0.2) is 11.5 Å². The highest BCUT2D eigenvalue weighted by atomic mass is 35.5. The molecule has 0 aromatic heterocycles. The number of halogens is 1. The smallest absolute Gasteiger partial charge is 0.492 e. The Hall–Kier alpha value is -1.95. The molecule has 0 aliphatic heterocycles. The fourth-order valence-corrected chi connectivity index (χ4v) is 1.98. The molecule has 6 nitrogen and oxygen atoms in total. The van der Waals surface area contributed by atoms with Gasteiger partial charge in [-0.3, -0.25) is 4.79 Å². The van der Waals surface area contributed by atoms with E-state index in [4.69, 9.17) is 26.8 Å². The zero-order chi connectivity index (χ0) is 15.1. The van der Waals surface area contributed by atoms with Gasteiger partial charge >= 0.3 is 6.16 Å². The first-order valence-electron chi connectivity index (χ1n) is 5.91. The summed E-state index contributed by atoms with van der Waals surface area (Å²) in [6, 6.07) is 3.11. The van der Waals surface area contributed by atoms with Gasteiger partial charge in [-0.05, 0) is 18.6 Å². The van der Waals surface area contributed by atoms with Crippen LogP contribution in [0.1, 0.15) is 18.1 Å². The number of hydrogen-bond donors (Lipinski definition) is 1. The molecule has 0 atom stereocenters. The van der Waals surface area contributed by atoms with E-state index < -0.39 is 12.1 Å². The number of methoxy groups -OCH3 is 1. The van der Waals surface area contributed by atoms with Gasteiger partial charge in [-0.1, -0.05) is 6.07 Å². The van der Waals surface area contributed by atoms with E-state index in [9.17, 15) is 9.59 Å². The van der Waals surface area contributed by atoms with E-state index in [0.29, 0.717) is 11.1 Å². The number of carbonyl (C=O) groups is 2. The zero-order valence-corrected chi connectivity index (χ0v) is 12.0. The van der Waals surface area contributed by atoms with E-state index in [-0.39, 0.29) is 30.4 Å². The highest BCUT2D eigenvalue weighted by molar-refractivity contribution is 6.17. The average Bonchev–Trinajstić information content (AvgIpc) is 2.39. The second kappa shape index (κ2) is 7.59. The van der Waals surface area contributed by atoms with Crippen LogP contribution in [0, 0.1) is 0 Å². The third-order valence-electron chi connectivity index (χ3n) is 2.48. The van der Waals surface area contributed by atoms with Crippen molar-refractivity contribution in [3.63, 3.8) is 0 Å². The van der Waals surface area contributed by atoms with Gasteiger partial charge in [0.25, 0.3) is 0 Å². The van der Waals surface area contributed by atoms with Crippen LogP contribution in [0.5, 0.6) is 11.5 Å². The molecule has 7 heteroatoms. The molecule has 1 rings (SSSR count). The van der Waals surface area contributed by atoms with Crippen LogP contribution < -0.4 is 15.2 Å². The fraction of sp³-hybridized carbons (Fsp3) is 0.385. The number of amides is 1. The molecule has 0 saturated heterocycles. The monoisotopic (exact) mass is 301 g/mol. The number of rotatable bonds is 6. The predicted molar refractivity (Wildman–Crippen MR) is 73.1 cm³/mol. The van der Waals surface area contributed by atoms with Gasteiger partial charge in [0.2, 0.25) is 5.91 Å². The quantitative estimate of drug-likeness (QED) is 0.493. The summed E-state index contributed by atoms with van der Waals surface area (Å²) < 4.78 is 14.9. The summed E-state index contributed by atoms with van der Waals surface area (Å²) in [6.45, 7) is 1.86. The first kappa shape index (κ1) is 16.1. The van der Waals surface area contributed by atoms with Crippen LogP contribution >= 0.6 is 11.6 Å². The molecule has 110 valence electrons. The van der Waals surface area contributed by atoms with Crippen molar-refractivity contribution >= 4 is 23.7 Å². The van der Waals surface area contributed by atoms with Gasteiger partial charge in [0.05, 0.1) is 26.0 Å². The second-order valence-corrected chi connectivity index (χ2v) is 4.06. The lowest BCUT2D eigenvalue weighted by Crippen LogP contribution is -2.16. The topological polar surface area (TPSA) is 87.9 Å². The lowest BCUT2D eigenvalue weighted by Gasteiger charge is -2.15. The van der Waals surface area contributed by atoms with Crippen LogP contribution in [0.15, 0.2) is 12.1 Å². The van der Waals surface area contributed by atoms with Gasteiger partial charge < -0.3 is 19.9 Å². The van der Waals surface area contributed by atoms with Crippen molar-refractivity contribution in [1.29, 1.82) is 0 Å². The third-order valence-corrected chi connectivity index (χ3v) is 2.75. The van der Waals surface area contributed by atoms with E-state index in [1.807, 2.05) is 0 Å². The van der Waals surface area contributed by atoms with E-state index in [2.05, 4.69) is 4.74 Å². The molecule has 1 amide bonds. The zero-order valence-electron chi connectivity index (χ0n) is 11.3. The molecular weight excluding hydrogens is 286 g/mol. The molecule has 0 radical (unpaired) electrons. The van der Waals surface area contributed by atoms with Crippen LogP contribution in [0.2, 0.25) is 0 Å². The number of primary amides is 1. The summed E-state index contributed by atoms with van der Waals surface area (Å²) in [5, 5.41) is 0. The maximum atomic E-state index is 11.3. The molecule has 0 fully saturated rings. The van der Waals surface area contributed by atoms with Gasteiger partial charge in [0, 0.05) is 5.56 Å². The van der Waals surface area contributed by atoms with E-state index in [1.54, 1.807) is 13.0 Å². The van der Waals surface area contributed by atoms with Gasteiger partial charge in [-0.2, -0.15) is 0 Å². The lowest BCUT2D eigenvalue weighted by atomic mass is 10.0. The van der Waals surface area contributed by atoms with Gasteiger partial charge in [0.1, 0.15) is 0 Å². The van der Waals surface area contributed by atoms with Crippen LogP contribution in [-0.2, 0) is 21.8 Å². The van der Waals surface area contributed by atoms with Crippen LogP contribution in [0.3, 0.4) is 0 Å². The average molecular weight is 302 g/mol. The normalized spacial score (nSPS) is 9.95. The minimum atomic E-state index is -0.839. The van der Waals surface area contributed by atoms with Crippen molar-refractivity contribution in [2.75, 3.05) is 13.7 Å². The molecule has 0 aliphatic carbocycles. The number of ether oxygens (including phenoxy) is 3. The predicted octanol–water partition coefficient (Wildman–Crippen LogP) is 2.00. The van der Waals surface area contributed by atoms with Crippen molar-refractivity contribution in [3.05, 3.63) is 23.3 Å². The first-order valence-corrected chi connectivity index (χ1v) is 6.44. The number of benzene rings is 1. The Morgan fingerprint density at radius 2 is 2.05 bits per heavy atom. The summed E-state index contributed by atoms with van der Waals surface area (Å²) >= 11 is 5.87.